The molecule has 0 unspecified atom stereocenters. The first-order valence-corrected chi connectivity index (χ1v) is 12.5. The summed E-state index contributed by atoms with van der Waals surface area (Å²) in [5, 5.41) is 18.3. The van der Waals surface area contributed by atoms with Crippen LogP contribution in [0.1, 0.15) is 38.1 Å². The predicted octanol–water partition coefficient (Wildman–Crippen LogP) is 3.60. The Balaban J connectivity index is 1.95. The molecule has 200 valence electrons. The van der Waals surface area contributed by atoms with Crippen LogP contribution in [0.25, 0.3) is 0 Å². The van der Waals surface area contributed by atoms with E-state index in [1.807, 2.05) is 39.0 Å². The number of hydrogen-bond donors (Lipinski definition) is 4. The van der Waals surface area contributed by atoms with E-state index in [0.29, 0.717) is 17.9 Å². The number of hydrogen-bond acceptors (Lipinski definition) is 5. The number of rotatable bonds is 7. The molecule has 1 heterocycles. The monoisotopic (exact) mass is 511 g/mol. The summed E-state index contributed by atoms with van der Waals surface area (Å²) in [5.41, 5.74) is 1.20. The highest BCUT2D eigenvalue weighted by atomic mass is 16.5. The number of amides is 5. The molecule has 0 aromatic heterocycles. The molecule has 2 aromatic carbocycles. The van der Waals surface area contributed by atoms with E-state index in [0.717, 1.165) is 0 Å². The fourth-order valence-corrected chi connectivity index (χ4v) is 4.08. The fraction of sp³-hybridized carbons (Fsp3) is 0.444. The van der Waals surface area contributed by atoms with Crippen LogP contribution in [-0.2, 0) is 0 Å². The first-order valence-electron chi connectivity index (χ1n) is 12.5. The minimum Gasteiger partial charge on any atom is -0.485 e. The highest BCUT2D eigenvalue weighted by Gasteiger charge is 2.35. The molecule has 37 heavy (non-hydrogen) atoms. The summed E-state index contributed by atoms with van der Waals surface area (Å²) in [5.74, 6) is -0.272. The van der Waals surface area contributed by atoms with Crippen LogP contribution in [0, 0.1) is 5.92 Å². The van der Waals surface area contributed by atoms with Gasteiger partial charge in [-0.25, -0.2) is 9.59 Å². The summed E-state index contributed by atoms with van der Waals surface area (Å²) in [7, 11) is 1.68. The third kappa shape index (κ3) is 7.13. The average molecular weight is 512 g/mol. The number of ether oxygens (including phenoxy) is 1. The van der Waals surface area contributed by atoms with Crippen LogP contribution in [0.15, 0.2) is 48.5 Å². The summed E-state index contributed by atoms with van der Waals surface area (Å²) in [6.45, 7) is 7.86. The van der Waals surface area contributed by atoms with Crippen LogP contribution in [0.2, 0.25) is 0 Å². The molecule has 0 aliphatic carbocycles. The van der Waals surface area contributed by atoms with E-state index in [1.165, 1.54) is 0 Å². The number of carbonyl (C=O) groups excluding carboxylic acids is 3. The standard InChI is InChI=1S/C27H37N5O5/c1-17(2)28-27(36)31(5)15-23-18(3)14-32(19(4)16-33)25(34)21-12-9-13-22(24(21)37-23)30-26(35)29-20-10-7-6-8-11-20/h6-13,17-19,23,33H,14-16H2,1-5H3,(H,28,36)(H2,29,30,35)/t18-,19-,23+/m0/s1. The van der Waals surface area contributed by atoms with Crippen LogP contribution in [-0.4, -0.2) is 77.8 Å². The number of fused-ring (bicyclic) bond motifs is 1. The van der Waals surface area contributed by atoms with Crippen molar-refractivity contribution in [1.82, 2.24) is 15.1 Å². The Morgan fingerprint density at radius 2 is 1.81 bits per heavy atom. The summed E-state index contributed by atoms with van der Waals surface area (Å²) in [6, 6.07) is 12.8. The summed E-state index contributed by atoms with van der Waals surface area (Å²) >= 11 is 0. The molecule has 0 radical (unpaired) electrons. The maximum absolute atomic E-state index is 13.6. The third-order valence-electron chi connectivity index (χ3n) is 6.18. The number of anilines is 2. The van der Waals surface area contributed by atoms with E-state index in [9.17, 15) is 19.5 Å². The minimum atomic E-state index is -0.497. The van der Waals surface area contributed by atoms with Gasteiger partial charge in [0.2, 0.25) is 0 Å². The number of aliphatic hydroxyl groups is 1. The van der Waals surface area contributed by atoms with Gasteiger partial charge in [0.05, 0.1) is 30.4 Å². The van der Waals surface area contributed by atoms with Crippen molar-refractivity contribution < 1.29 is 24.2 Å². The van der Waals surface area contributed by atoms with E-state index in [4.69, 9.17) is 4.74 Å². The van der Waals surface area contributed by atoms with E-state index >= 15 is 0 Å². The lowest BCUT2D eigenvalue weighted by Crippen LogP contribution is -2.51. The smallest absolute Gasteiger partial charge is 0.323 e. The molecule has 1 aliphatic rings. The molecule has 3 rings (SSSR count). The lowest BCUT2D eigenvalue weighted by Gasteiger charge is -2.38. The molecule has 10 heteroatoms. The minimum absolute atomic E-state index is 0.0243. The van der Waals surface area contributed by atoms with E-state index in [-0.39, 0.29) is 48.4 Å². The van der Waals surface area contributed by atoms with Crippen molar-refractivity contribution in [3.05, 3.63) is 54.1 Å². The Kier molecular flexibility index (Phi) is 9.35. The largest absolute Gasteiger partial charge is 0.485 e. The van der Waals surface area contributed by atoms with Crippen LogP contribution >= 0.6 is 0 Å². The zero-order valence-electron chi connectivity index (χ0n) is 22.0. The number of carbonyl (C=O) groups is 3. The molecule has 0 bridgehead atoms. The molecule has 3 atom stereocenters. The number of nitrogens with one attached hydrogen (secondary N) is 3. The van der Waals surface area contributed by atoms with Crippen LogP contribution in [0.5, 0.6) is 5.75 Å². The molecule has 0 saturated heterocycles. The zero-order chi connectivity index (χ0) is 27.1. The number of urea groups is 2. The Hall–Kier alpha value is -3.79. The topological polar surface area (TPSA) is 123 Å². The second-order valence-corrected chi connectivity index (χ2v) is 9.73. The molecule has 1 aliphatic heterocycles. The molecule has 4 N–H and O–H groups in total. The second-order valence-electron chi connectivity index (χ2n) is 9.73. The van der Waals surface area contributed by atoms with Gasteiger partial charge in [-0.3, -0.25) is 4.79 Å². The van der Waals surface area contributed by atoms with Crippen LogP contribution in [0.4, 0.5) is 21.0 Å². The number of benzene rings is 2. The zero-order valence-corrected chi connectivity index (χ0v) is 22.0. The van der Waals surface area contributed by atoms with E-state index < -0.39 is 18.2 Å². The quantitative estimate of drug-likeness (QED) is 0.452. The molecule has 10 nitrogen and oxygen atoms in total. The van der Waals surface area contributed by atoms with Crippen molar-refractivity contribution in [2.24, 2.45) is 5.92 Å². The fourth-order valence-electron chi connectivity index (χ4n) is 4.08. The lowest BCUT2D eigenvalue weighted by molar-refractivity contribution is 0.0368. The summed E-state index contributed by atoms with van der Waals surface area (Å²) in [6.07, 6.45) is -0.497. The summed E-state index contributed by atoms with van der Waals surface area (Å²) < 4.78 is 6.42. The Labute approximate surface area is 218 Å². The highest BCUT2D eigenvalue weighted by molar-refractivity contribution is 6.04. The third-order valence-corrected chi connectivity index (χ3v) is 6.18. The highest BCUT2D eigenvalue weighted by Crippen LogP contribution is 2.35. The number of likely N-dealkylation sites (N-methyl/N-ethyl adjacent to an activating group) is 1. The Morgan fingerprint density at radius 3 is 2.46 bits per heavy atom. The van der Waals surface area contributed by atoms with Crippen molar-refractivity contribution in [3.8, 4) is 5.75 Å². The molecule has 5 amide bonds. The van der Waals surface area contributed by atoms with Crippen molar-refractivity contribution in [2.75, 3.05) is 37.4 Å². The molecule has 2 aromatic rings. The van der Waals surface area contributed by atoms with Gasteiger partial charge in [0, 0.05) is 31.2 Å². The van der Waals surface area contributed by atoms with Gasteiger partial charge in [-0.1, -0.05) is 31.2 Å². The first kappa shape index (κ1) is 27.8. The van der Waals surface area contributed by atoms with Gasteiger partial charge >= 0.3 is 12.1 Å². The number of nitrogens with zero attached hydrogens (tertiary/aromatic N) is 2. The van der Waals surface area contributed by atoms with Gasteiger partial charge in [-0.15, -0.1) is 0 Å². The Morgan fingerprint density at radius 1 is 1.11 bits per heavy atom. The van der Waals surface area contributed by atoms with Gasteiger partial charge in [-0.05, 0) is 45.0 Å². The molecule has 0 fully saturated rings. The maximum Gasteiger partial charge on any atom is 0.323 e. The average Bonchev–Trinajstić information content (AvgIpc) is 2.86. The van der Waals surface area contributed by atoms with Gasteiger partial charge < -0.3 is 35.6 Å². The van der Waals surface area contributed by atoms with E-state index in [1.54, 1.807) is 54.1 Å². The lowest BCUT2D eigenvalue weighted by atomic mass is 9.99. The Bertz CT molecular complexity index is 1090. The van der Waals surface area contributed by atoms with Gasteiger partial charge in [0.15, 0.2) is 5.75 Å². The molecule has 0 saturated carbocycles. The maximum atomic E-state index is 13.6. The van der Waals surface area contributed by atoms with Crippen LogP contribution in [0.3, 0.4) is 0 Å². The SMILES string of the molecule is CC(C)NC(=O)N(C)C[C@H]1Oc2c(NC(=O)Nc3ccccc3)cccc2C(=O)N([C@@H](C)CO)C[C@@H]1C. The van der Waals surface area contributed by atoms with E-state index in [2.05, 4.69) is 16.0 Å². The van der Waals surface area contributed by atoms with Crippen molar-refractivity contribution in [3.63, 3.8) is 0 Å². The number of aliphatic hydroxyl groups excluding tert-OH is 1. The normalized spacial score (nSPS) is 18.1. The molecular formula is C27H37N5O5. The van der Waals surface area contributed by atoms with Crippen molar-refractivity contribution in [1.29, 1.82) is 0 Å². The van der Waals surface area contributed by atoms with Crippen LogP contribution < -0.4 is 20.7 Å². The van der Waals surface area contributed by atoms with Gasteiger partial charge in [-0.2, -0.15) is 0 Å². The first-order chi connectivity index (χ1) is 17.6. The number of para-hydroxylation sites is 2. The summed E-state index contributed by atoms with van der Waals surface area (Å²) in [4.78, 5) is 42.1. The van der Waals surface area contributed by atoms with Crippen molar-refractivity contribution in [2.45, 2.75) is 45.9 Å². The molecule has 0 spiro atoms. The molecular weight excluding hydrogens is 474 g/mol. The second kappa shape index (κ2) is 12.4. The van der Waals surface area contributed by atoms with Gasteiger partial charge in [0.25, 0.3) is 5.91 Å². The predicted molar refractivity (Wildman–Crippen MR) is 143 cm³/mol. The van der Waals surface area contributed by atoms with Crippen molar-refractivity contribution >= 4 is 29.3 Å². The van der Waals surface area contributed by atoms with Gasteiger partial charge in [0.1, 0.15) is 6.10 Å².